The molecule has 21 heavy (non-hydrogen) atoms. The van der Waals surface area contributed by atoms with Gasteiger partial charge in [-0.3, -0.25) is 4.68 Å². The van der Waals surface area contributed by atoms with Gasteiger partial charge in [-0.25, -0.2) is 4.39 Å². The summed E-state index contributed by atoms with van der Waals surface area (Å²) in [6, 6.07) is 6.65. The van der Waals surface area contributed by atoms with E-state index in [1.807, 2.05) is 19.9 Å². The second-order valence-corrected chi connectivity index (χ2v) is 4.92. The standard InChI is InChI=1S/C16H21FN2O2/c1-4-12-10-14(19(5-2)18-12)15(20)9-11-6-7-16(21-3)13(17)8-11/h6-8,10,15,20H,4-5,9H2,1-3H3. The van der Waals surface area contributed by atoms with Crippen molar-refractivity contribution < 1.29 is 14.2 Å². The van der Waals surface area contributed by atoms with Crippen molar-refractivity contribution in [3.63, 3.8) is 0 Å². The Hall–Kier alpha value is -1.88. The Kier molecular flexibility index (Phi) is 4.96. The number of hydrogen-bond donors (Lipinski definition) is 1. The van der Waals surface area contributed by atoms with E-state index >= 15 is 0 Å². The van der Waals surface area contributed by atoms with Crippen molar-refractivity contribution in [1.29, 1.82) is 0 Å². The van der Waals surface area contributed by atoms with Crippen LogP contribution in [0.1, 0.15) is 36.9 Å². The van der Waals surface area contributed by atoms with Crippen LogP contribution in [0, 0.1) is 5.82 Å². The number of aliphatic hydroxyl groups is 1. The number of nitrogens with zero attached hydrogens (tertiary/aromatic N) is 2. The molecule has 4 nitrogen and oxygen atoms in total. The molecule has 1 unspecified atom stereocenters. The van der Waals surface area contributed by atoms with E-state index in [1.54, 1.807) is 16.8 Å². The molecular weight excluding hydrogens is 271 g/mol. The number of halogens is 1. The van der Waals surface area contributed by atoms with E-state index in [9.17, 15) is 9.50 Å². The highest BCUT2D eigenvalue weighted by Crippen LogP contribution is 2.23. The first-order valence-electron chi connectivity index (χ1n) is 7.16. The van der Waals surface area contributed by atoms with Gasteiger partial charge in [0.25, 0.3) is 0 Å². The van der Waals surface area contributed by atoms with Crippen molar-refractivity contribution in [2.45, 2.75) is 39.3 Å². The van der Waals surface area contributed by atoms with Gasteiger partial charge in [-0.15, -0.1) is 0 Å². The molecule has 2 rings (SSSR count). The number of rotatable bonds is 6. The molecule has 0 aliphatic carbocycles. The lowest BCUT2D eigenvalue weighted by atomic mass is 10.0. The minimum Gasteiger partial charge on any atom is -0.494 e. The van der Waals surface area contributed by atoms with E-state index in [0.29, 0.717) is 13.0 Å². The molecule has 1 heterocycles. The molecule has 0 fully saturated rings. The van der Waals surface area contributed by atoms with Crippen molar-refractivity contribution in [2.24, 2.45) is 0 Å². The van der Waals surface area contributed by atoms with Gasteiger partial charge in [-0.05, 0) is 37.1 Å². The van der Waals surface area contributed by atoms with E-state index in [2.05, 4.69) is 5.10 Å². The zero-order valence-corrected chi connectivity index (χ0v) is 12.6. The predicted molar refractivity (Wildman–Crippen MR) is 78.9 cm³/mol. The van der Waals surface area contributed by atoms with Crippen molar-refractivity contribution >= 4 is 0 Å². The maximum absolute atomic E-state index is 13.7. The molecule has 1 N–H and O–H groups in total. The van der Waals surface area contributed by atoms with Gasteiger partial charge in [-0.2, -0.15) is 5.10 Å². The van der Waals surface area contributed by atoms with Crippen molar-refractivity contribution in [2.75, 3.05) is 7.11 Å². The van der Waals surface area contributed by atoms with Crippen LogP contribution in [0.4, 0.5) is 4.39 Å². The summed E-state index contributed by atoms with van der Waals surface area (Å²) in [7, 11) is 1.43. The molecule has 114 valence electrons. The Morgan fingerprint density at radius 1 is 1.33 bits per heavy atom. The fraction of sp³-hybridized carbons (Fsp3) is 0.438. The molecule has 0 bridgehead atoms. The van der Waals surface area contributed by atoms with Gasteiger partial charge in [0.05, 0.1) is 24.6 Å². The van der Waals surface area contributed by atoms with Gasteiger partial charge < -0.3 is 9.84 Å². The Bertz CT molecular complexity index is 610. The van der Waals surface area contributed by atoms with E-state index < -0.39 is 11.9 Å². The minimum absolute atomic E-state index is 0.208. The summed E-state index contributed by atoms with van der Waals surface area (Å²) in [5.74, 6) is -0.208. The first kappa shape index (κ1) is 15.5. The predicted octanol–water partition coefficient (Wildman–Crippen LogP) is 2.89. The molecule has 2 aromatic rings. The summed E-state index contributed by atoms with van der Waals surface area (Å²) in [5, 5.41) is 14.8. The van der Waals surface area contributed by atoms with Crippen LogP contribution in [0.2, 0.25) is 0 Å². The highest BCUT2D eigenvalue weighted by molar-refractivity contribution is 5.30. The topological polar surface area (TPSA) is 47.3 Å². The van der Waals surface area contributed by atoms with Crippen LogP contribution in [0.15, 0.2) is 24.3 Å². The largest absolute Gasteiger partial charge is 0.494 e. The van der Waals surface area contributed by atoms with Crippen molar-refractivity contribution in [3.05, 3.63) is 47.0 Å². The third-order valence-electron chi connectivity index (χ3n) is 3.51. The zero-order valence-electron chi connectivity index (χ0n) is 12.6. The van der Waals surface area contributed by atoms with Crippen molar-refractivity contribution in [3.8, 4) is 5.75 Å². The number of aliphatic hydroxyl groups excluding tert-OH is 1. The van der Waals surface area contributed by atoms with Gasteiger partial charge in [-0.1, -0.05) is 13.0 Å². The summed E-state index contributed by atoms with van der Waals surface area (Å²) in [6.07, 6.45) is 0.463. The maximum Gasteiger partial charge on any atom is 0.165 e. The SMILES string of the molecule is CCc1cc(C(O)Cc2ccc(OC)c(F)c2)n(CC)n1. The molecular formula is C16H21FN2O2. The molecule has 5 heteroatoms. The molecule has 0 saturated heterocycles. The number of ether oxygens (including phenoxy) is 1. The fourth-order valence-electron chi connectivity index (χ4n) is 2.35. The molecule has 0 spiro atoms. The molecule has 1 aromatic heterocycles. The van der Waals surface area contributed by atoms with Crippen LogP contribution in [-0.4, -0.2) is 22.0 Å². The number of aromatic nitrogens is 2. The van der Waals surface area contributed by atoms with Crippen molar-refractivity contribution in [1.82, 2.24) is 9.78 Å². The Morgan fingerprint density at radius 3 is 2.67 bits per heavy atom. The number of methoxy groups -OCH3 is 1. The van der Waals surface area contributed by atoms with E-state index in [0.717, 1.165) is 23.4 Å². The lowest BCUT2D eigenvalue weighted by Gasteiger charge is -2.13. The number of hydrogen-bond acceptors (Lipinski definition) is 3. The van der Waals surface area contributed by atoms with Crippen LogP contribution in [0.5, 0.6) is 5.75 Å². The Balaban J connectivity index is 2.19. The normalized spacial score (nSPS) is 12.4. The third-order valence-corrected chi connectivity index (χ3v) is 3.51. The third kappa shape index (κ3) is 3.42. The second-order valence-electron chi connectivity index (χ2n) is 4.92. The summed E-state index contributed by atoms with van der Waals surface area (Å²) >= 11 is 0. The lowest BCUT2D eigenvalue weighted by molar-refractivity contribution is 0.167. The molecule has 1 atom stereocenters. The van der Waals surface area contributed by atoms with E-state index in [4.69, 9.17) is 4.74 Å². The van der Waals surface area contributed by atoms with Crippen LogP contribution < -0.4 is 4.74 Å². The summed E-state index contributed by atoms with van der Waals surface area (Å²) in [6.45, 7) is 4.70. The van der Waals surface area contributed by atoms with Gasteiger partial charge in [0, 0.05) is 13.0 Å². The molecule has 0 radical (unpaired) electrons. The molecule has 1 aromatic carbocycles. The number of benzene rings is 1. The minimum atomic E-state index is -0.703. The zero-order chi connectivity index (χ0) is 15.4. The Morgan fingerprint density at radius 2 is 2.10 bits per heavy atom. The molecule has 0 amide bonds. The summed E-state index contributed by atoms with van der Waals surface area (Å²) < 4.78 is 20.4. The van der Waals surface area contributed by atoms with Crippen LogP contribution in [-0.2, 0) is 19.4 Å². The fourth-order valence-corrected chi connectivity index (χ4v) is 2.35. The maximum atomic E-state index is 13.7. The first-order valence-corrected chi connectivity index (χ1v) is 7.16. The monoisotopic (exact) mass is 292 g/mol. The summed E-state index contributed by atoms with van der Waals surface area (Å²) in [4.78, 5) is 0. The molecule has 0 aliphatic heterocycles. The second kappa shape index (κ2) is 6.72. The molecule has 0 saturated carbocycles. The summed E-state index contributed by atoms with van der Waals surface area (Å²) in [5.41, 5.74) is 2.44. The Labute approximate surface area is 124 Å². The molecule has 0 aliphatic rings. The van der Waals surface area contributed by atoms with Gasteiger partial charge in [0.2, 0.25) is 0 Å². The average Bonchev–Trinajstić information content (AvgIpc) is 2.91. The van der Waals surface area contributed by atoms with Gasteiger partial charge in [0.1, 0.15) is 0 Å². The highest BCUT2D eigenvalue weighted by atomic mass is 19.1. The smallest absolute Gasteiger partial charge is 0.165 e. The van der Waals surface area contributed by atoms with Crippen LogP contribution in [0.3, 0.4) is 0 Å². The van der Waals surface area contributed by atoms with Crippen LogP contribution >= 0.6 is 0 Å². The van der Waals surface area contributed by atoms with Gasteiger partial charge >= 0.3 is 0 Å². The first-order chi connectivity index (χ1) is 10.1. The highest BCUT2D eigenvalue weighted by Gasteiger charge is 2.16. The average molecular weight is 292 g/mol. The quantitative estimate of drug-likeness (QED) is 0.890. The lowest BCUT2D eigenvalue weighted by Crippen LogP contribution is -2.10. The van der Waals surface area contributed by atoms with E-state index in [1.165, 1.54) is 13.2 Å². The van der Waals surface area contributed by atoms with E-state index in [-0.39, 0.29) is 5.75 Å². The van der Waals surface area contributed by atoms with Gasteiger partial charge in [0.15, 0.2) is 11.6 Å². The number of aryl methyl sites for hydroxylation is 2. The van der Waals surface area contributed by atoms with Crippen LogP contribution in [0.25, 0.3) is 0 Å².